The lowest BCUT2D eigenvalue weighted by Crippen LogP contribution is -2.39. The van der Waals surface area contributed by atoms with Crippen molar-refractivity contribution in [2.75, 3.05) is 19.7 Å². The summed E-state index contributed by atoms with van der Waals surface area (Å²) in [6.45, 7) is 4.16. The molecule has 0 bridgehead atoms. The van der Waals surface area contributed by atoms with Gasteiger partial charge in [0.05, 0.1) is 12.5 Å². The summed E-state index contributed by atoms with van der Waals surface area (Å²) >= 11 is 5.90. The number of esters is 1. The van der Waals surface area contributed by atoms with Crippen LogP contribution in [0.25, 0.3) is 0 Å². The van der Waals surface area contributed by atoms with E-state index in [4.69, 9.17) is 16.3 Å². The molecule has 110 valence electrons. The van der Waals surface area contributed by atoms with Crippen LogP contribution in [0, 0.1) is 11.7 Å². The van der Waals surface area contributed by atoms with Crippen LogP contribution in [0.15, 0.2) is 18.2 Å². The van der Waals surface area contributed by atoms with Crippen LogP contribution in [0.2, 0.25) is 5.02 Å². The Morgan fingerprint density at radius 1 is 1.55 bits per heavy atom. The lowest BCUT2D eigenvalue weighted by molar-refractivity contribution is -0.150. The molecule has 0 saturated carbocycles. The van der Waals surface area contributed by atoms with E-state index in [-0.39, 0.29) is 17.7 Å². The predicted octanol–water partition coefficient (Wildman–Crippen LogP) is 3.25. The fourth-order valence-corrected chi connectivity index (χ4v) is 2.75. The molecule has 1 atom stereocenters. The summed E-state index contributed by atoms with van der Waals surface area (Å²) in [6, 6.07) is 4.56. The number of rotatable bonds is 4. The third kappa shape index (κ3) is 3.93. The fraction of sp³-hybridized carbons (Fsp3) is 0.533. The quantitative estimate of drug-likeness (QED) is 0.799. The van der Waals surface area contributed by atoms with E-state index in [2.05, 4.69) is 4.90 Å². The largest absolute Gasteiger partial charge is 0.466 e. The van der Waals surface area contributed by atoms with E-state index in [9.17, 15) is 9.18 Å². The number of carbonyl (C=O) groups is 1. The van der Waals surface area contributed by atoms with E-state index in [1.54, 1.807) is 13.0 Å². The number of hydrogen-bond acceptors (Lipinski definition) is 3. The normalized spacial score (nSPS) is 19.9. The van der Waals surface area contributed by atoms with E-state index in [0.717, 1.165) is 19.4 Å². The summed E-state index contributed by atoms with van der Waals surface area (Å²) in [5.74, 6) is -0.512. The molecule has 0 aliphatic carbocycles. The number of hydrogen-bond donors (Lipinski definition) is 0. The van der Waals surface area contributed by atoms with E-state index in [1.807, 2.05) is 0 Å². The van der Waals surface area contributed by atoms with E-state index in [0.29, 0.717) is 30.3 Å². The van der Waals surface area contributed by atoms with Gasteiger partial charge in [-0.25, -0.2) is 4.39 Å². The highest BCUT2D eigenvalue weighted by Gasteiger charge is 2.27. The molecule has 1 aromatic carbocycles. The second kappa shape index (κ2) is 7.04. The van der Waals surface area contributed by atoms with Crippen molar-refractivity contribution < 1.29 is 13.9 Å². The zero-order valence-corrected chi connectivity index (χ0v) is 12.3. The number of carbonyl (C=O) groups excluding carboxylic acids is 1. The van der Waals surface area contributed by atoms with Gasteiger partial charge >= 0.3 is 5.97 Å². The molecule has 1 saturated heterocycles. The number of halogens is 2. The maximum atomic E-state index is 13.7. The van der Waals surface area contributed by atoms with E-state index < -0.39 is 0 Å². The van der Waals surface area contributed by atoms with Crippen LogP contribution >= 0.6 is 11.6 Å². The fourth-order valence-electron chi connectivity index (χ4n) is 2.56. The Morgan fingerprint density at radius 3 is 3.10 bits per heavy atom. The smallest absolute Gasteiger partial charge is 0.310 e. The van der Waals surface area contributed by atoms with Gasteiger partial charge in [0, 0.05) is 23.7 Å². The maximum Gasteiger partial charge on any atom is 0.310 e. The number of ether oxygens (including phenoxy) is 1. The number of piperidine rings is 1. The second-order valence-corrected chi connectivity index (χ2v) is 5.50. The van der Waals surface area contributed by atoms with Gasteiger partial charge in [-0.05, 0) is 44.5 Å². The average molecular weight is 300 g/mol. The molecule has 5 heteroatoms. The standard InChI is InChI=1S/C15H19ClFNO2/c1-2-20-15(19)11-4-3-7-18(9-11)10-12-8-13(16)5-6-14(12)17/h5-6,8,11H,2-4,7,9-10H2,1H3/t11-/m0/s1. The van der Waals surface area contributed by atoms with Crippen LogP contribution in [0.3, 0.4) is 0 Å². The Balaban J connectivity index is 1.99. The Kier molecular flexibility index (Phi) is 5.38. The predicted molar refractivity (Wildman–Crippen MR) is 76.0 cm³/mol. The third-order valence-electron chi connectivity index (χ3n) is 3.53. The number of nitrogens with zero attached hydrogens (tertiary/aromatic N) is 1. The van der Waals surface area contributed by atoms with Crippen LogP contribution < -0.4 is 0 Å². The van der Waals surface area contributed by atoms with Gasteiger partial charge in [-0.3, -0.25) is 9.69 Å². The highest BCUT2D eigenvalue weighted by Crippen LogP contribution is 2.22. The molecule has 1 aliphatic heterocycles. The Hall–Kier alpha value is -1.13. The van der Waals surface area contributed by atoms with Crippen LogP contribution in [-0.4, -0.2) is 30.6 Å². The molecule has 1 aromatic rings. The Morgan fingerprint density at radius 2 is 2.35 bits per heavy atom. The van der Waals surface area contributed by atoms with Crippen LogP contribution in [0.4, 0.5) is 4.39 Å². The van der Waals surface area contributed by atoms with Gasteiger partial charge in [0.2, 0.25) is 0 Å². The average Bonchev–Trinajstić information content (AvgIpc) is 2.43. The van der Waals surface area contributed by atoms with Gasteiger partial charge in [0.1, 0.15) is 5.82 Å². The minimum absolute atomic E-state index is 0.106. The minimum atomic E-state index is -0.257. The first-order chi connectivity index (χ1) is 9.60. The maximum absolute atomic E-state index is 13.7. The summed E-state index contributed by atoms with van der Waals surface area (Å²) in [4.78, 5) is 13.9. The van der Waals surface area contributed by atoms with Crippen LogP contribution in [0.1, 0.15) is 25.3 Å². The van der Waals surface area contributed by atoms with Gasteiger partial charge in [0.25, 0.3) is 0 Å². The molecule has 1 fully saturated rings. The topological polar surface area (TPSA) is 29.5 Å². The van der Waals surface area contributed by atoms with Crippen molar-refractivity contribution in [3.05, 3.63) is 34.6 Å². The third-order valence-corrected chi connectivity index (χ3v) is 3.76. The molecule has 0 radical (unpaired) electrons. The zero-order valence-electron chi connectivity index (χ0n) is 11.6. The summed E-state index contributed by atoms with van der Waals surface area (Å²) in [5, 5.41) is 0.528. The molecule has 0 aromatic heterocycles. The summed E-state index contributed by atoms with van der Waals surface area (Å²) < 4.78 is 18.8. The van der Waals surface area contributed by atoms with Crippen LogP contribution in [-0.2, 0) is 16.1 Å². The second-order valence-electron chi connectivity index (χ2n) is 5.06. The summed E-state index contributed by atoms with van der Waals surface area (Å²) in [7, 11) is 0. The molecule has 3 nitrogen and oxygen atoms in total. The van der Waals surface area contributed by atoms with Gasteiger partial charge in [0.15, 0.2) is 0 Å². The SMILES string of the molecule is CCOC(=O)[C@H]1CCCN(Cc2cc(Cl)ccc2F)C1. The minimum Gasteiger partial charge on any atom is -0.466 e. The van der Waals surface area contributed by atoms with E-state index >= 15 is 0 Å². The highest BCUT2D eigenvalue weighted by molar-refractivity contribution is 6.30. The Bertz CT molecular complexity index is 481. The molecule has 1 heterocycles. The van der Waals surface area contributed by atoms with Gasteiger partial charge in [-0.15, -0.1) is 0 Å². The summed E-state index contributed by atoms with van der Waals surface area (Å²) in [6.07, 6.45) is 1.76. The van der Waals surface area contributed by atoms with Crippen molar-refractivity contribution in [3.63, 3.8) is 0 Å². The molecule has 0 unspecified atom stereocenters. The summed E-state index contributed by atoms with van der Waals surface area (Å²) in [5.41, 5.74) is 0.571. The van der Waals surface area contributed by atoms with Crippen LogP contribution in [0.5, 0.6) is 0 Å². The van der Waals surface area contributed by atoms with Crippen molar-refractivity contribution in [1.29, 1.82) is 0 Å². The molecular formula is C15H19ClFNO2. The first-order valence-corrected chi connectivity index (χ1v) is 7.31. The molecule has 0 spiro atoms. The van der Waals surface area contributed by atoms with Crippen molar-refractivity contribution in [3.8, 4) is 0 Å². The zero-order chi connectivity index (χ0) is 14.5. The Labute approximate surface area is 123 Å². The molecule has 2 rings (SSSR count). The molecule has 0 N–H and O–H groups in total. The molecular weight excluding hydrogens is 281 g/mol. The van der Waals surface area contributed by atoms with Gasteiger partial charge < -0.3 is 4.74 Å². The number of likely N-dealkylation sites (tertiary alicyclic amines) is 1. The first kappa shape index (κ1) is 15.3. The van der Waals surface area contributed by atoms with E-state index in [1.165, 1.54) is 12.1 Å². The monoisotopic (exact) mass is 299 g/mol. The lowest BCUT2D eigenvalue weighted by atomic mass is 9.97. The number of benzene rings is 1. The molecule has 1 aliphatic rings. The highest BCUT2D eigenvalue weighted by atomic mass is 35.5. The van der Waals surface area contributed by atoms with Crippen molar-refractivity contribution >= 4 is 17.6 Å². The first-order valence-electron chi connectivity index (χ1n) is 6.93. The molecule has 20 heavy (non-hydrogen) atoms. The van der Waals surface area contributed by atoms with Gasteiger partial charge in [-0.1, -0.05) is 11.6 Å². The molecule has 0 amide bonds. The van der Waals surface area contributed by atoms with Gasteiger partial charge in [-0.2, -0.15) is 0 Å². The van der Waals surface area contributed by atoms with Crippen molar-refractivity contribution in [2.45, 2.75) is 26.3 Å². The van der Waals surface area contributed by atoms with Crippen molar-refractivity contribution in [1.82, 2.24) is 4.90 Å². The lowest BCUT2D eigenvalue weighted by Gasteiger charge is -2.31. The van der Waals surface area contributed by atoms with Crippen molar-refractivity contribution in [2.24, 2.45) is 5.92 Å².